The van der Waals surface area contributed by atoms with Gasteiger partial charge in [-0.15, -0.1) is 11.3 Å². The maximum atomic E-state index is 12.7. The first-order chi connectivity index (χ1) is 12.1. The van der Waals surface area contributed by atoms with Gasteiger partial charge in [-0.3, -0.25) is 4.79 Å². The van der Waals surface area contributed by atoms with E-state index in [4.69, 9.17) is 0 Å². The Morgan fingerprint density at radius 1 is 1.23 bits per heavy atom. The second kappa shape index (κ2) is 8.09. The number of hydrogen-bond donors (Lipinski definition) is 3. The van der Waals surface area contributed by atoms with Crippen LogP contribution in [0.4, 0.5) is 18.2 Å². The number of carbonyl (C=O) groups excluding carboxylic acids is 1. The van der Waals surface area contributed by atoms with E-state index >= 15 is 0 Å². The number of halogens is 3. The summed E-state index contributed by atoms with van der Waals surface area (Å²) in [7, 11) is 1.51. The third kappa shape index (κ3) is 4.76. The van der Waals surface area contributed by atoms with Gasteiger partial charge in [0.25, 0.3) is 5.91 Å². The fraction of sp³-hybridized carbons (Fsp3) is 0.389. The molecule has 0 aliphatic heterocycles. The molecule has 4 nitrogen and oxygen atoms in total. The summed E-state index contributed by atoms with van der Waals surface area (Å²) in [5, 5.41) is 16.9. The van der Waals surface area contributed by atoms with E-state index in [1.54, 1.807) is 6.07 Å². The van der Waals surface area contributed by atoms with Crippen LogP contribution in [0.5, 0.6) is 0 Å². The predicted octanol–water partition coefficient (Wildman–Crippen LogP) is 4.28. The first-order valence-electron chi connectivity index (χ1n) is 8.08. The van der Waals surface area contributed by atoms with Gasteiger partial charge >= 0.3 is 6.18 Å². The molecule has 0 aliphatic carbocycles. The number of aliphatic hydroxyl groups excluding tert-OH is 1. The van der Waals surface area contributed by atoms with Gasteiger partial charge in [0.05, 0.1) is 11.1 Å². The van der Waals surface area contributed by atoms with Crippen molar-refractivity contribution >= 4 is 22.2 Å². The Morgan fingerprint density at radius 2 is 1.85 bits per heavy atom. The summed E-state index contributed by atoms with van der Waals surface area (Å²) in [6.07, 6.45) is -5.53. The van der Waals surface area contributed by atoms with Crippen LogP contribution in [0.3, 0.4) is 0 Å². The minimum absolute atomic E-state index is 0.293. The highest BCUT2D eigenvalue weighted by molar-refractivity contribution is 7.16. The van der Waals surface area contributed by atoms with E-state index in [1.807, 2.05) is 13.8 Å². The van der Waals surface area contributed by atoms with Crippen LogP contribution in [0.1, 0.15) is 46.3 Å². The molecular formula is C18H21F3N2O2S. The molecule has 1 aromatic carbocycles. The lowest BCUT2D eigenvalue weighted by Gasteiger charge is -2.11. The van der Waals surface area contributed by atoms with Crippen molar-refractivity contribution in [1.29, 1.82) is 0 Å². The number of thiophene rings is 1. The maximum absolute atomic E-state index is 12.7. The van der Waals surface area contributed by atoms with E-state index in [0.29, 0.717) is 33.5 Å². The Balaban J connectivity index is 2.30. The van der Waals surface area contributed by atoms with Crippen molar-refractivity contribution in [2.24, 2.45) is 5.92 Å². The van der Waals surface area contributed by atoms with Crippen LogP contribution in [0.15, 0.2) is 30.3 Å². The van der Waals surface area contributed by atoms with Crippen molar-refractivity contribution in [1.82, 2.24) is 5.32 Å². The number of alkyl halides is 3. The maximum Gasteiger partial charge on any atom is 0.416 e. The molecule has 1 heterocycles. The molecule has 1 atom stereocenters. The fourth-order valence-electron chi connectivity index (χ4n) is 2.29. The van der Waals surface area contributed by atoms with Crippen LogP contribution in [0, 0.1) is 5.92 Å². The molecule has 2 aromatic rings. The largest absolute Gasteiger partial charge is 0.416 e. The van der Waals surface area contributed by atoms with Gasteiger partial charge in [-0.05, 0) is 29.7 Å². The molecule has 1 unspecified atom stereocenters. The van der Waals surface area contributed by atoms with E-state index in [-0.39, 0.29) is 5.91 Å². The lowest BCUT2D eigenvalue weighted by molar-refractivity contribution is -0.137. The predicted molar refractivity (Wildman–Crippen MR) is 96.5 cm³/mol. The first-order valence-corrected chi connectivity index (χ1v) is 8.90. The van der Waals surface area contributed by atoms with Gasteiger partial charge in [0.1, 0.15) is 11.1 Å². The number of carbonyl (C=O) groups is 1. The Kier molecular flexibility index (Phi) is 6.30. The van der Waals surface area contributed by atoms with Crippen molar-refractivity contribution in [3.63, 3.8) is 0 Å². The third-order valence-electron chi connectivity index (χ3n) is 3.72. The van der Waals surface area contributed by atoms with E-state index < -0.39 is 17.8 Å². The quantitative estimate of drug-likeness (QED) is 0.695. The summed E-state index contributed by atoms with van der Waals surface area (Å²) in [4.78, 5) is 12.5. The molecule has 0 fully saturated rings. The Labute approximate surface area is 154 Å². The van der Waals surface area contributed by atoms with Gasteiger partial charge < -0.3 is 15.7 Å². The fourth-order valence-corrected chi connectivity index (χ4v) is 3.37. The first kappa shape index (κ1) is 20.3. The van der Waals surface area contributed by atoms with Crippen molar-refractivity contribution in [2.45, 2.75) is 26.1 Å². The van der Waals surface area contributed by atoms with Crippen LogP contribution in [-0.2, 0) is 6.18 Å². The average Bonchev–Trinajstić information content (AvgIpc) is 3.02. The SMILES string of the molecule is CNC(=O)c1cc(C(O)c2ccc(C(F)(F)F)cc2)sc1NCC(C)C. The van der Waals surface area contributed by atoms with Crippen LogP contribution >= 0.6 is 11.3 Å². The molecule has 0 bridgehead atoms. The Bertz CT molecular complexity index is 755. The molecule has 0 saturated heterocycles. The number of hydrogen-bond acceptors (Lipinski definition) is 4. The van der Waals surface area contributed by atoms with E-state index in [0.717, 1.165) is 12.1 Å². The van der Waals surface area contributed by atoms with Gasteiger partial charge in [0.2, 0.25) is 0 Å². The molecule has 0 spiro atoms. The Hall–Kier alpha value is -2.06. The zero-order valence-corrected chi connectivity index (χ0v) is 15.5. The highest BCUT2D eigenvalue weighted by Crippen LogP contribution is 2.36. The Morgan fingerprint density at radius 3 is 2.35 bits per heavy atom. The minimum atomic E-state index is -4.42. The van der Waals surface area contributed by atoms with Crippen molar-refractivity contribution < 1.29 is 23.1 Å². The van der Waals surface area contributed by atoms with Crippen LogP contribution in [0.2, 0.25) is 0 Å². The molecule has 0 radical (unpaired) electrons. The van der Waals surface area contributed by atoms with E-state index in [9.17, 15) is 23.1 Å². The molecule has 3 N–H and O–H groups in total. The second-order valence-electron chi connectivity index (χ2n) is 6.27. The molecule has 0 saturated carbocycles. The van der Waals surface area contributed by atoms with Crippen molar-refractivity contribution in [3.8, 4) is 0 Å². The monoisotopic (exact) mass is 386 g/mol. The molecule has 142 valence electrons. The molecule has 0 aliphatic rings. The van der Waals surface area contributed by atoms with Gasteiger partial charge in [-0.1, -0.05) is 26.0 Å². The second-order valence-corrected chi connectivity index (χ2v) is 7.35. The smallest absolute Gasteiger partial charge is 0.383 e. The number of nitrogens with one attached hydrogen (secondary N) is 2. The van der Waals surface area contributed by atoms with Gasteiger partial charge in [0, 0.05) is 18.5 Å². The average molecular weight is 386 g/mol. The summed E-state index contributed by atoms with van der Waals surface area (Å²) in [6, 6.07) is 5.92. The highest BCUT2D eigenvalue weighted by atomic mass is 32.1. The molecule has 8 heteroatoms. The van der Waals surface area contributed by atoms with Gasteiger partial charge in [0.15, 0.2) is 0 Å². The summed E-state index contributed by atoms with van der Waals surface area (Å²) in [6.45, 7) is 4.70. The van der Waals surface area contributed by atoms with E-state index in [1.165, 1.54) is 30.5 Å². The summed E-state index contributed by atoms with van der Waals surface area (Å²) < 4.78 is 38.0. The minimum Gasteiger partial charge on any atom is -0.383 e. The summed E-state index contributed by atoms with van der Waals surface area (Å²) in [5.41, 5.74) is -0.0396. The molecule has 1 aromatic heterocycles. The normalized spacial score (nSPS) is 12.9. The van der Waals surface area contributed by atoms with E-state index in [2.05, 4.69) is 10.6 Å². The molecule has 26 heavy (non-hydrogen) atoms. The lowest BCUT2D eigenvalue weighted by atomic mass is 10.0. The zero-order chi connectivity index (χ0) is 19.5. The summed E-state index contributed by atoms with van der Waals surface area (Å²) in [5.74, 6) is 0.0660. The van der Waals surface area contributed by atoms with Crippen LogP contribution in [-0.4, -0.2) is 24.6 Å². The van der Waals surface area contributed by atoms with Gasteiger partial charge in [-0.25, -0.2) is 0 Å². The zero-order valence-electron chi connectivity index (χ0n) is 14.6. The van der Waals surface area contributed by atoms with Crippen LogP contribution < -0.4 is 10.6 Å². The molecule has 1 amide bonds. The number of amides is 1. The lowest BCUT2D eigenvalue weighted by Crippen LogP contribution is -2.19. The number of aliphatic hydroxyl groups is 1. The molecular weight excluding hydrogens is 365 g/mol. The number of anilines is 1. The molecule has 2 rings (SSSR count). The number of benzene rings is 1. The highest BCUT2D eigenvalue weighted by Gasteiger charge is 2.30. The van der Waals surface area contributed by atoms with Crippen molar-refractivity contribution in [3.05, 3.63) is 51.9 Å². The summed E-state index contributed by atoms with van der Waals surface area (Å²) >= 11 is 1.21. The van der Waals surface area contributed by atoms with Crippen LogP contribution in [0.25, 0.3) is 0 Å². The van der Waals surface area contributed by atoms with Crippen molar-refractivity contribution in [2.75, 3.05) is 18.9 Å². The topological polar surface area (TPSA) is 61.4 Å². The van der Waals surface area contributed by atoms with Gasteiger partial charge in [-0.2, -0.15) is 13.2 Å². The third-order valence-corrected chi connectivity index (χ3v) is 4.86. The number of rotatable bonds is 6. The standard InChI is InChI=1S/C18H21F3N2O2S/c1-10(2)9-23-17-13(16(25)22-3)8-14(26-17)15(24)11-4-6-12(7-5-11)18(19,20)21/h4-8,10,15,23-24H,9H2,1-3H3,(H,22,25).